The van der Waals surface area contributed by atoms with E-state index in [-0.39, 0.29) is 5.02 Å². The lowest BCUT2D eigenvalue weighted by atomic mass is 10.1. The molecule has 0 radical (unpaired) electrons. The molecule has 1 aliphatic rings. The van der Waals surface area contributed by atoms with Gasteiger partial charge in [-0.3, -0.25) is 4.98 Å². The number of hydrogen-bond acceptors (Lipinski definition) is 5. The number of halogens is 2. The van der Waals surface area contributed by atoms with Gasteiger partial charge in [-0.1, -0.05) is 35.0 Å². The normalized spacial score (nSPS) is 16.6. The van der Waals surface area contributed by atoms with Crippen molar-refractivity contribution in [1.29, 1.82) is 0 Å². The molecule has 0 saturated carbocycles. The van der Waals surface area contributed by atoms with Gasteiger partial charge < -0.3 is 9.42 Å². The number of pyridine rings is 1. The molecule has 0 amide bonds. The molecule has 1 atom stereocenters. The Hall–Kier alpha value is -2.99. The largest absolute Gasteiger partial charge is 0.370 e. The zero-order valence-electron chi connectivity index (χ0n) is 15.6. The molecule has 1 fully saturated rings. The minimum absolute atomic E-state index is 0.271. The summed E-state index contributed by atoms with van der Waals surface area (Å²) in [6, 6.07) is 14.5. The first-order valence-electron chi connectivity index (χ1n) is 9.53. The van der Waals surface area contributed by atoms with Crippen LogP contribution < -0.4 is 4.90 Å². The van der Waals surface area contributed by atoms with Crippen molar-refractivity contribution in [2.75, 3.05) is 18.0 Å². The van der Waals surface area contributed by atoms with E-state index in [1.165, 1.54) is 12.1 Å². The van der Waals surface area contributed by atoms with Crippen molar-refractivity contribution in [1.82, 2.24) is 15.1 Å². The molecule has 29 heavy (non-hydrogen) atoms. The highest BCUT2D eigenvalue weighted by atomic mass is 35.5. The molecule has 4 aromatic rings. The quantitative estimate of drug-likeness (QED) is 0.467. The molecule has 0 bridgehead atoms. The lowest BCUT2D eigenvalue weighted by Crippen LogP contribution is -2.20. The van der Waals surface area contributed by atoms with E-state index in [4.69, 9.17) is 16.1 Å². The molecule has 0 spiro atoms. The van der Waals surface area contributed by atoms with Gasteiger partial charge in [0.05, 0.1) is 22.4 Å². The van der Waals surface area contributed by atoms with Gasteiger partial charge in [0.1, 0.15) is 5.82 Å². The molecule has 1 saturated heterocycles. The van der Waals surface area contributed by atoms with Crippen molar-refractivity contribution in [2.45, 2.75) is 12.8 Å². The van der Waals surface area contributed by atoms with Gasteiger partial charge in [0.25, 0.3) is 0 Å². The molecule has 2 aromatic heterocycles. The van der Waals surface area contributed by atoms with E-state index in [0.29, 0.717) is 29.6 Å². The minimum atomic E-state index is -0.392. The minimum Gasteiger partial charge on any atom is -0.370 e. The summed E-state index contributed by atoms with van der Waals surface area (Å²) in [5.74, 6) is 0.984. The number of nitrogens with zero attached hydrogens (tertiary/aromatic N) is 4. The van der Waals surface area contributed by atoms with Crippen LogP contribution in [0, 0.1) is 11.7 Å². The maximum Gasteiger partial charge on any atom is 0.227 e. The van der Waals surface area contributed by atoms with Gasteiger partial charge in [-0.15, -0.1) is 0 Å². The maximum atomic E-state index is 13.2. The molecular formula is C22H18ClFN4O. The van der Waals surface area contributed by atoms with Crippen LogP contribution in [-0.4, -0.2) is 28.2 Å². The zero-order valence-corrected chi connectivity index (χ0v) is 16.3. The summed E-state index contributed by atoms with van der Waals surface area (Å²) >= 11 is 6.10. The van der Waals surface area contributed by atoms with E-state index in [2.05, 4.69) is 32.2 Å². The Kier molecular flexibility index (Phi) is 4.64. The predicted molar refractivity (Wildman–Crippen MR) is 110 cm³/mol. The molecule has 2 aromatic carbocycles. The molecule has 0 N–H and O–H groups in total. The van der Waals surface area contributed by atoms with Gasteiger partial charge in [0.2, 0.25) is 11.7 Å². The second-order valence-electron chi connectivity index (χ2n) is 7.33. The number of para-hydroxylation sites is 1. The van der Waals surface area contributed by atoms with Gasteiger partial charge in [-0.05, 0) is 42.7 Å². The lowest BCUT2D eigenvalue weighted by molar-refractivity contribution is 0.358. The summed E-state index contributed by atoms with van der Waals surface area (Å²) in [7, 11) is 0. The third kappa shape index (κ3) is 3.68. The molecule has 1 aliphatic heterocycles. The number of rotatable bonds is 4. The molecule has 0 unspecified atom stereocenters. The Morgan fingerprint density at radius 3 is 2.97 bits per heavy atom. The van der Waals surface area contributed by atoms with E-state index in [1.54, 1.807) is 6.07 Å². The van der Waals surface area contributed by atoms with Crippen LogP contribution in [0.5, 0.6) is 0 Å². The molecule has 7 heteroatoms. The molecule has 5 rings (SSSR count). The standard InChI is InChI=1S/C22H18ClFN4O/c23-19-11-16(24)5-6-18(19)22-26-21(29-27-22)9-14-7-8-28(13-14)17-10-15-3-1-2-4-20(15)25-12-17/h1-6,10-12,14H,7-9,13H2/t14-/m1/s1. The number of hydrogen-bond donors (Lipinski definition) is 0. The first-order valence-corrected chi connectivity index (χ1v) is 9.91. The summed E-state index contributed by atoms with van der Waals surface area (Å²) in [4.78, 5) is 11.4. The van der Waals surface area contributed by atoms with Crippen LogP contribution in [0.2, 0.25) is 5.02 Å². The Bertz CT molecular complexity index is 1180. The van der Waals surface area contributed by atoms with Gasteiger partial charge in [0.15, 0.2) is 0 Å². The number of aromatic nitrogens is 3. The van der Waals surface area contributed by atoms with E-state index in [9.17, 15) is 4.39 Å². The average Bonchev–Trinajstić information content (AvgIpc) is 3.38. The summed E-state index contributed by atoms with van der Waals surface area (Å²) < 4.78 is 18.7. The summed E-state index contributed by atoms with van der Waals surface area (Å²) in [5, 5.41) is 5.43. The van der Waals surface area contributed by atoms with Crippen LogP contribution in [0.15, 0.2) is 59.3 Å². The van der Waals surface area contributed by atoms with E-state index >= 15 is 0 Å². The van der Waals surface area contributed by atoms with Gasteiger partial charge in [-0.25, -0.2) is 4.39 Å². The first kappa shape index (κ1) is 18.1. The van der Waals surface area contributed by atoms with E-state index in [1.807, 2.05) is 24.4 Å². The van der Waals surface area contributed by atoms with Crippen molar-refractivity contribution in [2.24, 2.45) is 5.92 Å². The maximum absolute atomic E-state index is 13.2. The van der Waals surface area contributed by atoms with Crippen molar-refractivity contribution in [3.63, 3.8) is 0 Å². The average molecular weight is 409 g/mol. The highest BCUT2D eigenvalue weighted by Crippen LogP contribution is 2.29. The summed E-state index contributed by atoms with van der Waals surface area (Å²) in [6.07, 6.45) is 3.68. The zero-order chi connectivity index (χ0) is 19.8. The van der Waals surface area contributed by atoms with Crippen LogP contribution in [0.1, 0.15) is 12.3 Å². The molecule has 0 aliphatic carbocycles. The highest BCUT2D eigenvalue weighted by Gasteiger charge is 2.25. The van der Waals surface area contributed by atoms with Crippen LogP contribution in [0.4, 0.5) is 10.1 Å². The number of fused-ring (bicyclic) bond motifs is 1. The van der Waals surface area contributed by atoms with E-state index < -0.39 is 5.82 Å². The topological polar surface area (TPSA) is 55.1 Å². The van der Waals surface area contributed by atoms with Gasteiger partial charge in [0, 0.05) is 30.5 Å². The molecule has 5 nitrogen and oxygen atoms in total. The SMILES string of the molecule is Fc1ccc(-c2noc(C[C@H]3CCN(c4cnc5ccccc5c4)C3)n2)c(Cl)c1. The highest BCUT2D eigenvalue weighted by molar-refractivity contribution is 6.33. The second-order valence-corrected chi connectivity index (χ2v) is 7.73. The Morgan fingerprint density at radius 2 is 2.07 bits per heavy atom. The third-order valence-corrected chi connectivity index (χ3v) is 5.64. The second kappa shape index (κ2) is 7.44. The fourth-order valence-corrected chi connectivity index (χ4v) is 4.08. The Labute approximate surface area is 172 Å². The van der Waals surface area contributed by atoms with Gasteiger partial charge >= 0.3 is 0 Å². The van der Waals surface area contributed by atoms with Crippen molar-refractivity contribution in [3.05, 3.63) is 71.5 Å². The molecular weight excluding hydrogens is 391 g/mol. The van der Waals surface area contributed by atoms with E-state index in [0.717, 1.165) is 36.1 Å². The third-order valence-electron chi connectivity index (χ3n) is 5.33. The van der Waals surface area contributed by atoms with Crippen LogP contribution in [-0.2, 0) is 6.42 Å². The van der Waals surface area contributed by atoms with Crippen LogP contribution in [0.3, 0.4) is 0 Å². The number of anilines is 1. The molecule has 146 valence electrons. The van der Waals surface area contributed by atoms with Crippen LogP contribution in [0.25, 0.3) is 22.3 Å². The van der Waals surface area contributed by atoms with Crippen molar-refractivity contribution in [3.8, 4) is 11.4 Å². The Morgan fingerprint density at radius 1 is 1.17 bits per heavy atom. The smallest absolute Gasteiger partial charge is 0.227 e. The Balaban J connectivity index is 1.28. The fourth-order valence-electron chi connectivity index (χ4n) is 3.83. The lowest BCUT2D eigenvalue weighted by Gasteiger charge is -2.18. The monoisotopic (exact) mass is 408 g/mol. The predicted octanol–water partition coefficient (Wildman–Crippen LogP) is 5.15. The summed E-state index contributed by atoms with van der Waals surface area (Å²) in [6.45, 7) is 1.88. The van der Waals surface area contributed by atoms with Crippen molar-refractivity contribution < 1.29 is 8.91 Å². The van der Waals surface area contributed by atoms with Gasteiger partial charge in [-0.2, -0.15) is 4.98 Å². The van der Waals surface area contributed by atoms with Crippen LogP contribution >= 0.6 is 11.6 Å². The fraction of sp³-hybridized carbons (Fsp3) is 0.227. The molecule has 3 heterocycles. The van der Waals surface area contributed by atoms with Crippen molar-refractivity contribution >= 4 is 28.2 Å². The first-order chi connectivity index (χ1) is 14.2. The number of benzene rings is 2. The summed E-state index contributed by atoms with van der Waals surface area (Å²) in [5.41, 5.74) is 2.71.